The second-order valence-electron chi connectivity index (χ2n) is 5.93. The van der Waals surface area contributed by atoms with Gasteiger partial charge in [-0.3, -0.25) is 4.79 Å². The highest BCUT2D eigenvalue weighted by Gasteiger charge is 2.16. The number of carbonyl (C=O) groups excluding carboxylic acids is 1. The first-order valence-electron chi connectivity index (χ1n) is 8.55. The summed E-state index contributed by atoms with van der Waals surface area (Å²) in [5, 5.41) is 2.78. The molecule has 0 spiro atoms. The van der Waals surface area contributed by atoms with Gasteiger partial charge in [-0.05, 0) is 58.6 Å². The Morgan fingerprint density at radius 1 is 1.08 bits per heavy atom. The summed E-state index contributed by atoms with van der Waals surface area (Å²) in [6, 6.07) is 14.3. The van der Waals surface area contributed by atoms with E-state index in [1.165, 1.54) is 11.6 Å². The molecule has 0 atom stereocenters. The predicted molar refractivity (Wildman–Crippen MR) is 108 cm³/mol. The smallest absolute Gasteiger partial charge is 0.241 e. The molecule has 5 nitrogen and oxygen atoms in total. The molecule has 2 N–H and O–H groups in total. The van der Waals surface area contributed by atoms with Gasteiger partial charge in [-0.1, -0.05) is 37.6 Å². The van der Waals surface area contributed by atoms with Gasteiger partial charge in [0.05, 0.1) is 4.90 Å². The van der Waals surface area contributed by atoms with Crippen LogP contribution in [0.4, 0.5) is 5.69 Å². The molecule has 0 heterocycles. The molecule has 7 heteroatoms. The van der Waals surface area contributed by atoms with E-state index in [9.17, 15) is 13.2 Å². The molecular formula is C19H23BrN2O3S. The quantitative estimate of drug-likeness (QED) is 0.618. The van der Waals surface area contributed by atoms with E-state index in [0.29, 0.717) is 10.2 Å². The van der Waals surface area contributed by atoms with Crippen LogP contribution in [-0.4, -0.2) is 20.9 Å². The number of benzene rings is 2. The molecule has 0 aliphatic carbocycles. The molecule has 140 valence electrons. The first-order valence-corrected chi connectivity index (χ1v) is 10.8. The summed E-state index contributed by atoms with van der Waals surface area (Å²) in [4.78, 5) is 12.2. The number of hydrogen-bond acceptors (Lipinski definition) is 3. The van der Waals surface area contributed by atoms with Gasteiger partial charge < -0.3 is 5.32 Å². The van der Waals surface area contributed by atoms with Crippen LogP contribution in [0, 0.1) is 0 Å². The second kappa shape index (κ2) is 9.85. The van der Waals surface area contributed by atoms with Gasteiger partial charge in [0.15, 0.2) is 0 Å². The minimum atomic E-state index is -3.65. The van der Waals surface area contributed by atoms with Crippen LogP contribution in [0.1, 0.15) is 31.7 Å². The van der Waals surface area contributed by atoms with Crippen molar-refractivity contribution < 1.29 is 13.2 Å². The van der Waals surface area contributed by atoms with E-state index in [1.807, 2.05) is 24.3 Å². The Morgan fingerprint density at radius 3 is 2.42 bits per heavy atom. The lowest BCUT2D eigenvalue weighted by molar-refractivity contribution is -0.116. The molecule has 0 aromatic heterocycles. The van der Waals surface area contributed by atoms with Crippen molar-refractivity contribution in [1.29, 1.82) is 0 Å². The van der Waals surface area contributed by atoms with Crippen LogP contribution >= 0.6 is 15.9 Å². The zero-order valence-electron chi connectivity index (χ0n) is 14.7. The Kier molecular flexibility index (Phi) is 7.81. The molecule has 0 unspecified atom stereocenters. The fourth-order valence-corrected chi connectivity index (χ4v) is 4.43. The lowest BCUT2D eigenvalue weighted by Crippen LogP contribution is -2.28. The van der Waals surface area contributed by atoms with E-state index in [-0.39, 0.29) is 23.8 Å². The molecule has 2 aromatic rings. The molecule has 26 heavy (non-hydrogen) atoms. The third-order valence-corrected chi connectivity index (χ3v) is 6.30. The van der Waals surface area contributed by atoms with Gasteiger partial charge >= 0.3 is 0 Å². The van der Waals surface area contributed by atoms with Crippen molar-refractivity contribution in [2.75, 3.05) is 11.9 Å². The number of hydrogen-bond donors (Lipinski definition) is 2. The van der Waals surface area contributed by atoms with Crippen molar-refractivity contribution in [2.24, 2.45) is 0 Å². The molecule has 0 radical (unpaired) electrons. The molecule has 0 saturated carbocycles. The number of carbonyl (C=O) groups is 1. The number of anilines is 1. The van der Waals surface area contributed by atoms with Gasteiger partial charge in [0, 0.05) is 23.1 Å². The summed E-state index contributed by atoms with van der Waals surface area (Å²) in [6.07, 6.45) is 3.38. The van der Waals surface area contributed by atoms with Crippen LogP contribution in [0.5, 0.6) is 0 Å². The van der Waals surface area contributed by atoms with E-state index >= 15 is 0 Å². The van der Waals surface area contributed by atoms with E-state index in [1.54, 1.807) is 18.2 Å². The van der Waals surface area contributed by atoms with Gasteiger partial charge in [0.1, 0.15) is 0 Å². The third-order valence-electron chi connectivity index (χ3n) is 3.83. The van der Waals surface area contributed by atoms with E-state index in [0.717, 1.165) is 19.3 Å². The molecule has 0 saturated heterocycles. The minimum Gasteiger partial charge on any atom is -0.326 e. The summed E-state index contributed by atoms with van der Waals surface area (Å²) in [7, 11) is -3.65. The van der Waals surface area contributed by atoms with Gasteiger partial charge in [0.25, 0.3) is 0 Å². The number of amides is 1. The molecule has 0 aliphatic heterocycles. The van der Waals surface area contributed by atoms with Crippen molar-refractivity contribution in [3.05, 3.63) is 58.6 Å². The molecule has 1 amide bonds. The van der Waals surface area contributed by atoms with Gasteiger partial charge in [0.2, 0.25) is 15.9 Å². The summed E-state index contributed by atoms with van der Waals surface area (Å²) < 4.78 is 27.4. The molecule has 0 fully saturated rings. The average molecular weight is 439 g/mol. The highest BCUT2D eigenvalue weighted by Crippen LogP contribution is 2.20. The number of nitrogens with one attached hydrogen (secondary N) is 2. The first kappa shape index (κ1) is 20.6. The fraction of sp³-hybridized carbons (Fsp3) is 0.316. The molecule has 0 aliphatic rings. The monoisotopic (exact) mass is 438 g/mol. The number of aryl methyl sites for hydroxylation is 1. The maximum atomic E-state index is 12.2. The lowest BCUT2D eigenvalue weighted by atomic mass is 10.1. The van der Waals surface area contributed by atoms with Crippen molar-refractivity contribution in [3.63, 3.8) is 0 Å². The maximum Gasteiger partial charge on any atom is 0.241 e. The van der Waals surface area contributed by atoms with Gasteiger partial charge in [-0.25, -0.2) is 13.1 Å². The normalized spacial score (nSPS) is 11.3. The third kappa shape index (κ3) is 6.23. The van der Waals surface area contributed by atoms with Crippen molar-refractivity contribution in [1.82, 2.24) is 4.72 Å². The van der Waals surface area contributed by atoms with Crippen molar-refractivity contribution in [2.45, 2.75) is 37.5 Å². The van der Waals surface area contributed by atoms with Crippen LogP contribution in [0.25, 0.3) is 0 Å². The zero-order valence-corrected chi connectivity index (χ0v) is 17.1. The lowest BCUT2D eigenvalue weighted by Gasteiger charge is -2.09. The second-order valence-corrected chi connectivity index (χ2v) is 8.52. The number of halogens is 1. The van der Waals surface area contributed by atoms with Crippen LogP contribution in [-0.2, 0) is 21.2 Å². The number of sulfonamides is 1. The SMILES string of the molecule is CCCCc1ccc(NC(=O)CCNS(=O)(=O)c2ccccc2Br)cc1. The Balaban J connectivity index is 1.82. The Morgan fingerprint density at radius 2 is 1.77 bits per heavy atom. The van der Waals surface area contributed by atoms with Crippen LogP contribution in [0.2, 0.25) is 0 Å². The molecule has 2 aromatic carbocycles. The fourth-order valence-electron chi connectivity index (χ4n) is 2.40. The summed E-state index contributed by atoms with van der Waals surface area (Å²) >= 11 is 3.22. The van der Waals surface area contributed by atoms with Crippen LogP contribution in [0.3, 0.4) is 0 Å². The Hall–Kier alpha value is -1.70. The first-order chi connectivity index (χ1) is 12.4. The minimum absolute atomic E-state index is 0.0318. The Bertz CT molecular complexity index is 836. The molecular weight excluding hydrogens is 416 g/mol. The maximum absolute atomic E-state index is 12.2. The van der Waals surface area contributed by atoms with E-state index in [4.69, 9.17) is 0 Å². The molecule has 0 bridgehead atoms. The van der Waals surface area contributed by atoms with E-state index < -0.39 is 10.0 Å². The summed E-state index contributed by atoms with van der Waals surface area (Å²) in [6.45, 7) is 2.18. The number of rotatable bonds is 9. The van der Waals surface area contributed by atoms with Gasteiger partial charge in [-0.2, -0.15) is 0 Å². The zero-order chi connectivity index (χ0) is 19.0. The predicted octanol–water partition coefficient (Wildman–Crippen LogP) is 4.10. The standard InChI is InChI=1S/C19H23BrN2O3S/c1-2-3-6-15-9-11-16(12-10-15)22-19(23)13-14-21-26(24,25)18-8-5-4-7-17(18)20/h4-5,7-12,21H,2-3,6,13-14H2,1H3,(H,22,23). The topological polar surface area (TPSA) is 75.3 Å². The van der Waals surface area contributed by atoms with E-state index in [2.05, 4.69) is 32.9 Å². The number of unbranched alkanes of at least 4 members (excludes halogenated alkanes) is 1. The largest absolute Gasteiger partial charge is 0.326 e. The summed E-state index contributed by atoms with van der Waals surface area (Å²) in [5.74, 6) is -0.235. The van der Waals surface area contributed by atoms with Crippen molar-refractivity contribution in [3.8, 4) is 0 Å². The average Bonchev–Trinajstić information content (AvgIpc) is 2.61. The molecule has 2 rings (SSSR count). The highest BCUT2D eigenvalue weighted by molar-refractivity contribution is 9.10. The van der Waals surface area contributed by atoms with Crippen LogP contribution < -0.4 is 10.0 Å². The van der Waals surface area contributed by atoms with Crippen molar-refractivity contribution >= 4 is 37.5 Å². The van der Waals surface area contributed by atoms with Gasteiger partial charge in [-0.15, -0.1) is 0 Å². The highest BCUT2D eigenvalue weighted by atomic mass is 79.9. The Labute approximate surface area is 163 Å². The summed E-state index contributed by atoms with van der Waals surface area (Å²) in [5.41, 5.74) is 1.95. The van der Waals surface area contributed by atoms with Crippen LogP contribution in [0.15, 0.2) is 57.9 Å².